The number of ether oxygens (including phenoxy) is 2. The molecule has 4 heteroatoms. The van der Waals surface area contributed by atoms with E-state index >= 15 is 0 Å². The van der Waals surface area contributed by atoms with Crippen LogP contribution < -0.4 is 0 Å². The van der Waals surface area contributed by atoms with E-state index in [1.54, 1.807) is 24.3 Å². The van der Waals surface area contributed by atoms with Crippen molar-refractivity contribution in [2.24, 2.45) is 17.3 Å². The maximum absolute atomic E-state index is 12.8. The summed E-state index contributed by atoms with van der Waals surface area (Å²) in [6.45, 7) is 12.3. The molecule has 0 saturated carbocycles. The Balaban J connectivity index is 2.30. The van der Waals surface area contributed by atoms with Crippen molar-refractivity contribution in [3.63, 3.8) is 0 Å². The molecule has 0 aliphatic heterocycles. The van der Waals surface area contributed by atoms with Crippen LogP contribution in [0.3, 0.4) is 0 Å². The fourth-order valence-electron chi connectivity index (χ4n) is 3.77. The number of carbonyl (C=O) groups excluding carboxylic acids is 2. The first-order valence-electron chi connectivity index (χ1n) is 10.7. The Kier molecular flexibility index (Phi) is 8.22. The van der Waals surface area contributed by atoms with Gasteiger partial charge in [-0.25, -0.2) is 9.59 Å². The largest absolute Gasteiger partial charge is 0.458 e. The highest BCUT2D eigenvalue weighted by Crippen LogP contribution is 2.36. The maximum atomic E-state index is 12.8. The van der Waals surface area contributed by atoms with Crippen LogP contribution >= 0.6 is 0 Å². The zero-order valence-corrected chi connectivity index (χ0v) is 18.9. The lowest BCUT2D eigenvalue weighted by Crippen LogP contribution is -2.46. The minimum atomic E-state index is -0.411. The van der Waals surface area contributed by atoms with Crippen LogP contribution in [0, 0.1) is 17.3 Å². The lowest BCUT2D eigenvalue weighted by molar-refractivity contribution is -0.0809. The Hall–Kier alpha value is -2.62. The third-order valence-electron chi connectivity index (χ3n) is 5.29. The molecule has 0 aromatic heterocycles. The lowest BCUT2D eigenvalue weighted by atomic mass is 9.75. The predicted octanol–water partition coefficient (Wildman–Crippen LogP) is 6.17. The van der Waals surface area contributed by atoms with Crippen LogP contribution in [0.15, 0.2) is 60.7 Å². The van der Waals surface area contributed by atoms with E-state index in [-0.39, 0.29) is 35.3 Å². The van der Waals surface area contributed by atoms with Crippen LogP contribution in [0.2, 0.25) is 0 Å². The lowest BCUT2D eigenvalue weighted by Gasteiger charge is -2.40. The summed E-state index contributed by atoms with van der Waals surface area (Å²) in [6.07, 6.45) is -0.0729. The molecule has 162 valence electrons. The smallest absolute Gasteiger partial charge is 0.338 e. The minimum absolute atomic E-state index is 0.0721. The molecule has 0 fully saturated rings. The van der Waals surface area contributed by atoms with Gasteiger partial charge < -0.3 is 9.47 Å². The van der Waals surface area contributed by atoms with Crippen molar-refractivity contribution in [3.05, 3.63) is 71.8 Å². The van der Waals surface area contributed by atoms with Crippen molar-refractivity contribution < 1.29 is 19.1 Å². The molecule has 0 heterocycles. The van der Waals surface area contributed by atoms with Gasteiger partial charge in [-0.1, -0.05) is 77.9 Å². The normalized spacial score (nSPS) is 14.6. The highest BCUT2D eigenvalue weighted by atomic mass is 16.6. The van der Waals surface area contributed by atoms with Gasteiger partial charge in [0.05, 0.1) is 11.1 Å². The summed E-state index contributed by atoms with van der Waals surface area (Å²) < 4.78 is 12.0. The van der Waals surface area contributed by atoms with E-state index in [0.717, 1.165) is 6.42 Å². The molecule has 3 atom stereocenters. The SMILES string of the molecule is CCC(C(OC(=O)c1ccccc1)C(C)C)C(OC(=O)c1ccccc1)C(C)(C)C. The molecule has 4 nitrogen and oxygen atoms in total. The van der Waals surface area contributed by atoms with E-state index in [9.17, 15) is 9.59 Å². The van der Waals surface area contributed by atoms with Crippen molar-refractivity contribution in [1.29, 1.82) is 0 Å². The summed E-state index contributed by atoms with van der Waals surface area (Å²) in [7, 11) is 0. The molecule has 0 spiro atoms. The number of esters is 2. The second-order valence-electron chi connectivity index (χ2n) is 9.11. The quantitative estimate of drug-likeness (QED) is 0.489. The molecule has 0 amide bonds. The highest BCUT2D eigenvalue weighted by molar-refractivity contribution is 5.90. The molecule has 0 aliphatic carbocycles. The van der Waals surface area contributed by atoms with E-state index in [0.29, 0.717) is 11.1 Å². The molecule has 3 unspecified atom stereocenters. The van der Waals surface area contributed by atoms with Crippen molar-refractivity contribution >= 4 is 11.9 Å². The second kappa shape index (κ2) is 10.4. The average molecular weight is 411 g/mol. The average Bonchev–Trinajstić information content (AvgIpc) is 2.72. The Morgan fingerprint density at radius 3 is 1.60 bits per heavy atom. The number of benzene rings is 2. The van der Waals surface area contributed by atoms with Gasteiger partial charge in [-0.05, 0) is 42.0 Å². The van der Waals surface area contributed by atoms with Crippen LogP contribution in [0.1, 0.15) is 68.7 Å². The van der Waals surface area contributed by atoms with Crippen molar-refractivity contribution in [1.82, 2.24) is 0 Å². The minimum Gasteiger partial charge on any atom is -0.458 e. The predicted molar refractivity (Wildman–Crippen MR) is 119 cm³/mol. The molecule has 0 bridgehead atoms. The molecule has 2 aromatic carbocycles. The first-order valence-corrected chi connectivity index (χ1v) is 10.7. The van der Waals surface area contributed by atoms with Crippen LogP contribution in [0.4, 0.5) is 0 Å². The Bertz CT molecular complexity index is 806. The number of carbonyl (C=O) groups is 2. The topological polar surface area (TPSA) is 52.6 Å². The van der Waals surface area contributed by atoms with Gasteiger partial charge in [0.25, 0.3) is 0 Å². The first-order chi connectivity index (χ1) is 14.1. The zero-order valence-electron chi connectivity index (χ0n) is 18.9. The van der Waals surface area contributed by atoms with E-state index in [2.05, 4.69) is 20.8 Å². The fourth-order valence-corrected chi connectivity index (χ4v) is 3.77. The monoisotopic (exact) mass is 410 g/mol. The van der Waals surface area contributed by atoms with E-state index in [1.807, 2.05) is 57.2 Å². The van der Waals surface area contributed by atoms with Crippen LogP contribution in [0.25, 0.3) is 0 Å². The number of hydrogen-bond donors (Lipinski definition) is 0. The zero-order chi connectivity index (χ0) is 22.3. The van der Waals surface area contributed by atoms with E-state index < -0.39 is 6.10 Å². The molecule has 30 heavy (non-hydrogen) atoms. The third kappa shape index (κ3) is 6.19. The standard InChI is InChI=1S/C26H34O4/c1-7-21(22(18(2)3)29-24(27)19-14-10-8-11-15-19)23(26(4,5)6)30-25(28)20-16-12-9-13-17-20/h8-18,21-23H,7H2,1-6H3. The molecule has 0 radical (unpaired) electrons. The van der Waals surface area contributed by atoms with Gasteiger partial charge in [0.1, 0.15) is 12.2 Å². The van der Waals surface area contributed by atoms with Gasteiger partial charge in [0.15, 0.2) is 0 Å². The Morgan fingerprint density at radius 2 is 1.23 bits per heavy atom. The summed E-state index contributed by atoms with van der Waals surface area (Å²) in [5.74, 6) is -0.770. The molecular formula is C26H34O4. The third-order valence-corrected chi connectivity index (χ3v) is 5.29. The van der Waals surface area contributed by atoms with Gasteiger partial charge in [0, 0.05) is 5.92 Å². The molecule has 0 N–H and O–H groups in total. The number of rotatable bonds is 8. The van der Waals surface area contributed by atoms with Gasteiger partial charge >= 0.3 is 11.9 Å². The van der Waals surface area contributed by atoms with E-state index in [4.69, 9.17) is 9.47 Å². The van der Waals surface area contributed by atoms with Crippen LogP contribution in [0.5, 0.6) is 0 Å². The Labute approximate surface area is 180 Å². The maximum Gasteiger partial charge on any atom is 0.338 e. The Morgan fingerprint density at radius 1 is 0.800 bits per heavy atom. The van der Waals surface area contributed by atoms with Gasteiger partial charge in [-0.15, -0.1) is 0 Å². The molecule has 0 saturated heterocycles. The van der Waals surface area contributed by atoms with Crippen molar-refractivity contribution in [2.45, 2.75) is 60.2 Å². The fraction of sp³-hybridized carbons (Fsp3) is 0.462. The second-order valence-corrected chi connectivity index (χ2v) is 9.11. The van der Waals surface area contributed by atoms with Crippen molar-refractivity contribution in [2.75, 3.05) is 0 Å². The summed E-state index contributed by atoms with van der Waals surface area (Å²) in [5, 5.41) is 0. The summed E-state index contributed by atoms with van der Waals surface area (Å²) in [6, 6.07) is 18.0. The number of hydrogen-bond acceptors (Lipinski definition) is 4. The van der Waals surface area contributed by atoms with Gasteiger partial charge in [-0.2, -0.15) is 0 Å². The van der Waals surface area contributed by atoms with Crippen LogP contribution in [-0.2, 0) is 9.47 Å². The van der Waals surface area contributed by atoms with Crippen LogP contribution in [-0.4, -0.2) is 24.1 Å². The summed E-state index contributed by atoms with van der Waals surface area (Å²) >= 11 is 0. The van der Waals surface area contributed by atoms with E-state index in [1.165, 1.54) is 0 Å². The van der Waals surface area contributed by atoms with Gasteiger partial charge in [-0.3, -0.25) is 0 Å². The molecule has 2 rings (SSSR count). The first kappa shape index (κ1) is 23.7. The molecule has 0 aliphatic rings. The van der Waals surface area contributed by atoms with Gasteiger partial charge in [0.2, 0.25) is 0 Å². The summed E-state index contributed by atoms with van der Waals surface area (Å²) in [4.78, 5) is 25.6. The molecule has 2 aromatic rings. The molecular weight excluding hydrogens is 376 g/mol. The van der Waals surface area contributed by atoms with Crippen molar-refractivity contribution in [3.8, 4) is 0 Å². The summed E-state index contributed by atoms with van der Waals surface area (Å²) in [5.41, 5.74) is 0.716. The highest BCUT2D eigenvalue weighted by Gasteiger charge is 2.41.